The van der Waals surface area contributed by atoms with Crippen LogP contribution in [0.4, 0.5) is 34.1 Å². The van der Waals surface area contributed by atoms with Crippen molar-refractivity contribution in [3.05, 3.63) is 320 Å². The SMILES string of the molecule is c1ccc(-c2ccccc2N(c2ccc3c(c2)[C@@](c2ccccc2)(c2ccccn2)c2cc(N(c4ccccc4-c4ccccc4)c4cccc5c4oc4ccccc45)c4c(oc5ccccc54)c2-3)c2cccc3c2oc2ccccc23)cc1. The molecule has 12 aromatic carbocycles. The number of fused-ring (bicyclic) bond motifs is 13. The van der Waals surface area contributed by atoms with Crippen molar-refractivity contribution >= 4 is 99.9 Å². The lowest BCUT2D eigenvalue weighted by atomic mass is 9.69. The van der Waals surface area contributed by atoms with Crippen LogP contribution in [0.5, 0.6) is 0 Å². The number of furan rings is 3. The van der Waals surface area contributed by atoms with Gasteiger partial charge >= 0.3 is 0 Å². The number of benzene rings is 12. The quantitative estimate of drug-likeness (QED) is 0.136. The maximum Gasteiger partial charge on any atom is 0.159 e. The molecular formula is C78H49N3O3. The Labute approximate surface area is 484 Å². The number of nitrogens with zero attached hydrogens (tertiary/aromatic N) is 3. The average Bonchev–Trinajstić information content (AvgIpc) is 1.96. The molecule has 1 aliphatic carbocycles. The van der Waals surface area contributed by atoms with Crippen molar-refractivity contribution in [3.8, 4) is 33.4 Å². The highest BCUT2D eigenvalue weighted by Crippen LogP contribution is 2.62. The molecular weight excluding hydrogens is 1030 g/mol. The van der Waals surface area contributed by atoms with Gasteiger partial charge in [0.15, 0.2) is 11.2 Å². The molecule has 6 heteroatoms. The molecule has 1 atom stereocenters. The van der Waals surface area contributed by atoms with Gasteiger partial charge in [-0.25, -0.2) is 0 Å². The van der Waals surface area contributed by atoms with Crippen LogP contribution in [0.15, 0.2) is 311 Å². The van der Waals surface area contributed by atoms with Crippen molar-refractivity contribution in [3.63, 3.8) is 0 Å². The number of rotatable bonds is 10. The van der Waals surface area contributed by atoms with Gasteiger partial charge in [-0.05, 0) is 106 Å². The molecule has 0 fully saturated rings. The summed E-state index contributed by atoms with van der Waals surface area (Å²) < 4.78 is 21.5. The first-order valence-electron chi connectivity index (χ1n) is 28.5. The van der Waals surface area contributed by atoms with Crippen molar-refractivity contribution in [1.29, 1.82) is 0 Å². The summed E-state index contributed by atoms with van der Waals surface area (Å²) in [6.45, 7) is 0. The lowest BCUT2D eigenvalue weighted by Gasteiger charge is -2.35. The molecule has 0 saturated heterocycles. The fraction of sp³-hybridized carbons (Fsp3) is 0.0128. The summed E-state index contributed by atoms with van der Waals surface area (Å²) >= 11 is 0. The molecule has 17 rings (SSSR count). The summed E-state index contributed by atoms with van der Waals surface area (Å²) in [5.41, 5.74) is 19.9. The largest absolute Gasteiger partial charge is 0.455 e. The molecule has 0 aliphatic heterocycles. The zero-order chi connectivity index (χ0) is 55.3. The Hall–Kier alpha value is -11.2. The van der Waals surface area contributed by atoms with E-state index in [1.807, 2.05) is 24.4 Å². The van der Waals surface area contributed by atoms with Crippen molar-refractivity contribution in [1.82, 2.24) is 4.98 Å². The first-order valence-corrected chi connectivity index (χ1v) is 28.5. The molecule has 394 valence electrons. The summed E-state index contributed by atoms with van der Waals surface area (Å²) in [5.74, 6) is 0. The van der Waals surface area contributed by atoms with Gasteiger partial charge in [0.1, 0.15) is 22.3 Å². The molecule has 0 spiro atoms. The Kier molecular flexibility index (Phi) is 10.7. The maximum absolute atomic E-state index is 7.49. The Morgan fingerprint density at radius 1 is 0.310 bits per heavy atom. The average molecular weight is 1080 g/mol. The standard InChI is InChI=1S/C78H49N3O3/c1-4-24-50(25-5-1)54-30-10-15-37-64(54)80(66-39-22-35-58-56-32-12-17-41-69(56)82-75(58)66)53-45-46-60-62(48-53)78(52-28-8-3-9-29-52,72-44-20-21-47-79-72)63-49-68(74-61-34-14-19-43-71(61)84-77(74)73(60)63)81(65-38-16-11-31-55(65)51-26-6-2-7-27-51)67-40-23-36-59-57-33-13-18-42-70(57)83-76(59)67/h1-49H/t78-/m1/s1. The Morgan fingerprint density at radius 2 is 0.786 bits per heavy atom. The topological polar surface area (TPSA) is 58.8 Å². The Balaban J connectivity index is 1.01. The minimum Gasteiger partial charge on any atom is -0.455 e. The third kappa shape index (κ3) is 7.07. The number of pyridine rings is 1. The summed E-state index contributed by atoms with van der Waals surface area (Å²) in [6.07, 6.45) is 1.93. The molecule has 0 radical (unpaired) electrons. The lowest BCUT2D eigenvalue weighted by Crippen LogP contribution is -2.30. The highest BCUT2D eigenvalue weighted by atomic mass is 16.3. The summed E-state index contributed by atoms with van der Waals surface area (Å²) in [5, 5.41) is 6.18. The number of aromatic nitrogens is 1. The van der Waals surface area contributed by atoms with Gasteiger partial charge < -0.3 is 23.1 Å². The molecule has 0 unspecified atom stereocenters. The van der Waals surface area contributed by atoms with Crippen LogP contribution in [0.2, 0.25) is 0 Å². The van der Waals surface area contributed by atoms with Crippen molar-refractivity contribution in [2.24, 2.45) is 0 Å². The number of para-hydroxylation sites is 7. The minimum atomic E-state index is -1.02. The number of hydrogen-bond donors (Lipinski definition) is 0. The van der Waals surface area contributed by atoms with Crippen LogP contribution in [-0.2, 0) is 5.41 Å². The Morgan fingerprint density at radius 3 is 1.39 bits per heavy atom. The van der Waals surface area contributed by atoms with E-state index < -0.39 is 5.41 Å². The molecule has 0 bridgehead atoms. The third-order valence-corrected chi connectivity index (χ3v) is 17.2. The highest BCUT2D eigenvalue weighted by molar-refractivity contribution is 6.21. The lowest BCUT2D eigenvalue weighted by molar-refractivity contribution is 0.667. The monoisotopic (exact) mass is 1080 g/mol. The van der Waals surface area contributed by atoms with Crippen LogP contribution < -0.4 is 9.80 Å². The van der Waals surface area contributed by atoms with Gasteiger partial charge in [0, 0.05) is 55.5 Å². The fourth-order valence-corrected chi connectivity index (χ4v) is 13.6. The third-order valence-electron chi connectivity index (χ3n) is 17.2. The normalized spacial score (nSPS) is 13.8. The zero-order valence-corrected chi connectivity index (χ0v) is 45.4. The van der Waals surface area contributed by atoms with Gasteiger partial charge in [-0.2, -0.15) is 0 Å². The predicted octanol–water partition coefficient (Wildman–Crippen LogP) is 21.4. The van der Waals surface area contributed by atoms with Crippen LogP contribution >= 0.6 is 0 Å². The van der Waals surface area contributed by atoms with Crippen molar-refractivity contribution in [2.45, 2.75) is 5.41 Å². The van der Waals surface area contributed by atoms with Gasteiger partial charge in [-0.1, -0.05) is 218 Å². The summed E-state index contributed by atoms with van der Waals surface area (Å²) in [6, 6.07) is 104. The molecule has 16 aromatic rings. The van der Waals surface area contributed by atoms with Gasteiger partial charge in [0.25, 0.3) is 0 Å². The van der Waals surface area contributed by atoms with Gasteiger partial charge in [0.05, 0.1) is 44.9 Å². The first kappa shape index (κ1) is 47.6. The molecule has 4 aromatic heterocycles. The van der Waals surface area contributed by atoms with E-state index in [0.29, 0.717) is 0 Å². The van der Waals surface area contributed by atoms with Crippen LogP contribution in [-0.4, -0.2) is 4.98 Å². The van der Waals surface area contributed by atoms with Crippen LogP contribution in [0.1, 0.15) is 22.4 Å². The number of hydrogen-bond acceptors (Lipinski definition) is 6. The van der Waals surface area contributed by atoms with Gasteiger partial charge in [-0.3, -0.25) is 4.98 Å². The van der Waals surface area contributed by atoms with E-state index in [1.165, 1.54) is 0 Å². The van der Waals surface area contributed by atoms with E-state index >= 15 is 0 Å². The molecule has 4 heterocycles. The number of anilines is 6. The zero-order valence-electron chi connectivity index (χ0n) is 45.4. The van der Waals surface area contributed by atoms with E-state index in [4.69, 9.17) is 18.2 Å². The fourth-order valence-electron chi connectivity index (χ4n) is 13.6. The molecule has 84 heavy (non-hydrogen) atoms. The minimum absolute atomic E-state index is 0.781. The predicted molar refractivity (Wildman–Crippen MR) is 344 cm³/mol. The van der Waals surface area contributed by atoms with E-state index in [-0.39, 0.29) is 0 Å². The van der Waals surface area contributed by atoms with Crippen molar-refractivity contribution < 1.29 is 13.3 Å². The highest BCUT2D eigenvalue weighted by Gasteiger charge is 2.50. The summed E-state index contributed by atoms with van der Waals surface area (Å²) in [7, 11) is 0. The van der Waals surface area contributed by atoms with Crippen LogP contribution in [0, 0.1) is 0 Å². The van der Waals surface area contributed by atoms with Crippen molar-refractivity contribution in [2.75, 3.05) is 9.80 Å². The van der Waals surface area contributed by atoms with Crippen LogP contribution in [0.3, 0.4) is 0 Å². The molecule has 1 aliphatic rings. The smallest absolute Gasteiger partial charge is 0.159 e. The molecule has 0 saturated carbocycles. The molecule has 0 N–H and O–H groups in total. The molecule has 0 amide bonds. The van der Waals surface area contributed by atoms with E-state index in [0.717, 1.165) is 156 Å². The van der Waals surface area contributed by atoms with Crippen LogP contribution in [0.25, 0.3) is 99.2 Å². The van der Waals surface area contributed by atoms with E-state index in [1.54, 1.807) is 0 Å². The van der Waals surface area contributed by atoms with Gasteiger partial charge in [0.2, 0.25) is 0 Å². The first-order chi connectivity index (χ1) is 41.7. The van der Waals surface area contributed by atoms with E-state index in [2.05, 4.69) is 283 Å². The second-order valence-corrected chi connectivity index (χ2v) is 21.6. The van der Waals surface area contributed by atoms with Gasteiger partial charge in [-0.15, -0.1) is 0 Å². The summed E-state index contributed by atoms with van der Waals surface area (Å²) in [4.78, 5) is 10.3. The second kappa shape index (κ2) is 18.9. The second-order valence-electron chi connectivity index (χ2n) is 21.6. The molecule has 6 nitrogen and oxygen atoms in total. The Bertz CT molecular complexity index is 5180. The van der Waals surface area contributed by atoms with E-state index in [9.17, 15) is 0 Å². The maximum atomic E-state index is 7.49.